The first-order valence-electron chi connectivity index (χ1n) is 20.0. The van der Waals surface area contributed by atoms with Crippen LogP contribution < -0.4 is 0 Å². The zero-order chi connectivity index (χ0) is 42.0. The lowest BCUT2D eigenvalue weighted by atomic mass is 10.00. The molecular weight excluding hydrogens is 778 g/mol. The van der Waals surface area contributed by atoms with E-state index in [1.807, 2.05) is 138 Å². The molecule has 8 aromatic carbocycles. The maximum Gasteiger partial charge on any atom is 0.416 e. The predicted octanol–water partition coefficient (Wildman–Crippen LogP) is 13.6. The van der Waals surface area contributed by atoms with Crippen LogP contribution in [0.5, 0.6) is 0 Å². The van der Waals surface area contributed by atoms with Gasteiger partial charge in [0.25, 0.3) is 0 Å². The monoisotopic (exact) mass is 808 g/mol. The number of halogens is 3. The number of para-hydroxylation sites is 4. The van der Waals surface area contributed by atoms with Gasteiger partial charge in [0.1, 0.15) is 0 Å². The minimum atomic E-state index is -4.64. The molecular formula is C53H31F3N6. The molecule has 62 heavy (non-hydrogen) atoms. The van der Waals surface area contributed by atoms with Crippen LogP contribution in [0.2, 0.25) is 0 Å². The number of benzene rings is 8. The highest BCUT2D eigenvalue weighted by Crippen LogP contribution is 2.42. The summed E-state index contributed by atoms with van der Waals surface area (Å²) >= 11 is 0. The first kappa shape index (κ1) is 36.7. The third-order valence-electron chi connectivity index (χ3n) is 11.4. The molecule has 11 aromatic rings. The highest BCUT2D eigenvalue weighted by molar-refractivity contribution is 6.11. The first-order chi connectivity index (χ1) is 30.3. The van der Waals surface area contributed by atoms with Gasteiger partial charge in [-0.3, -0.25) is 0 Å². The molecule has 0 saturated carbocycles. The van der Waals surface area contributed by atoms with Gasteiger partial charge in [0, 0.05) is 38.2 Å². The Labute approximate surface area is 353 Å². The van der Waals surface area contributed by atoms with Crippen LogP contribution in [0.4, 0.5) is 13.2 Å². The summed E-state index contributed by atoms with van der Waals surface area (Å²) in [6.07, 6.45) is -4.64. The molecule has 3 heterocycles. The van der Waals surface area contributed by atoms with Crippen molar-refractivity contribution in [2.24, 2.45) is 0 Å². The Kier molecular flexibility index (Phi) is 8.55. The molecule has 0 bridgehead atoms. The summed E-state index contributed by atoms with van der Waals surface area (Å²) in [5, 5.41) is 13.8. The molecule has 0 unspecified atom stereocenters. The maximum atomic E-state index is 14.8. The third-order valence-corrected chi connectivity index (χ3v) is 11.4. The molecule has 0 saturated heterocycles. The van der Waals surface area contributed by atoms with Gasteiger partial charge in [-0.15, -0.1) is 0 Å². The topological polar surface area (TPSA) is 72.3 Å². The molecule has 0 fully saturated rings. The van der Waals surface area contributed by atoms with Crippen LogP contribution in [0.25, 0.3) is 100 Å². The lowest BCUT2D eigenvalue weighted by molar-refractivity contribution is -0.137. The summed E-state index contributed by atoms with van der Waals surface area (Å²) in [4.78, 5) is 15.3. The minimum absolute atomic E-state index is 0.0794. The summed E-state index contributed by atoms with van der Waals surface area (Å²) in [6, 6.07) is 60.9. The van der Waals surface area contributed by atoms with E-state index in [9.17, 15) is 18.4 Å². The minimum Gasteiger partial charge on any atom is -0.309 e. The van der Waals surface area contributed by atoms with Crippen LogP contribution in [-0.4, -0.2) is 24.1 Å². The van der Waals surface area contributed by atoms with Crippen molar-refractivity contribution in [3.05, 3.63) is 199 Å². The van der Waals surface area contributed by atoms with Gasteiger partial charge in [0.05, 0.1) is 50.6 Å². The normalized spacial score (nSPS) is 11.8. The van der Waals surface area contributed by atoms with Gasteiger partial charge in [0.2, 0.25) is 0 Å². The molecule has 0 N–H and O–H groups in total. The van der Waals surface area contributed by atoms with E-state index in [2.05, 4.69) is 41.0 Å². The Morgan fingerprint density at radius 1 is 0.403 bits per heavy atom. The van der Waals surface area contributed by atoms with Gasteiger partial charge in [-0.05, 0) is 77.9 Å². The molecule has 6 nitrogen and oxygen atoms in total. The zero-order valence-corrected chi connectivity index (χ0v) is 32.7. The summed E-state index contributed by atoms with van der Waals surface area (Å²) in [5.41, 5.74) is 7.68. The molecule has 0 atom stereocenters. The van der Waals surface area contributed by atoms with Gasteiger partial charge < -0.3 is 9.13 Å². The maximum absolute atomic E-state index is 14.8. The van der Waals surface area contributed by atoms with E-state index in [0.717, 1.165) is 72.6 Å². The van der Waals surface area contributed by atoms with Crippen molar-refractivity contribution in [2.75, 3.05) is 0 Å². The fraction of sp³-hybridized carbons (Fsp3) is 0.0189. The molecule has 0 aliphatic carbocycles. The van der Waals surface area contributed by atoms with Gasteiger partial charge in [0.15, 0.2) is 17.5 Å². The Balaban J connectivity index is 1.23. The third kappa shape index (κ3) is 6.08. The molecule has 9 heteroatoms. The van der Waals surface area contributed by atoms with Gasteiger partial charge in [-0.2, -0.15) is 18.4 Å². The van der Waals surface area contributed by atoms with Crippen molar-refractivity contribution < 1.29 is 13.2 Å². The van der Waals surface area contributed by atoms with Crippen molar-refractivity contribution in [3.63, 3.8) is 0 Å². The average molecular weight is 809 g/mol. The second-order valence-corrected chi connectivity index (χ2v) is 15.1. The smallest absolute Gasteiger partial charge is 0.309 e. The van der Waals surface area contributed by atoms with Crippen molar-refractivity contribution in [2.45, 2.75) is 6.18 Å². The standard InChI is InChI=1S/C53H31F3N6/c54-53(55,56)37-26-28-48(61-44-21-8-4-17-38(44)39-18-5-9-22-45(39)61)43(31-37)52-59-50(34-14-2-1-3-15-34)58-51(60-52)42-27-25-36(35-16-12-13-33(29-35)32-57)30-49(42)62-46-23-10-6-19-40(46)41-20-7-11-24-47(41)62/h1-31H. The molecule has 0 spiro atoms. The molecule has 294 valence electrons. The molecule has 11 rings (SSSR count). The van der Waals surface area contributed by atoms with Crippen molar-refractivity contribution in [1.82, 2.24) is 24.1 Å². The largest absolute Gasteiger partial charge is 0.416 e. The van der Waals surface area contributed by atoms with Crippen molar-refractivity contribution >= 4 is 43.6 Å². The predicted molar refractivity (Wildman–Crippen MR) is 240 cm³/mol. The second-order valence-electron chi connectivity index (χ2n) is 15.1. The van der Waals surface area contributed by atoms with Crippen LogP contribution in [-0.2, 0) is 6.18 Å². The van der Waals surface area contributed by atoms with E-state index in [-0.39, 0.29) is 17.2 Å². The van der Waals surface area contributed by atoms with Gasteiger partial charge in [-0.1, -0.05) is 121 Å². The van der Waals surface area contributed by atoms with Crippen LogP contribution in [0.3, 0.4) is 0 Å². The van der Waals surface area contributed by atoms with E-state index in [1.54, 1.807) is 6.07 Å². The number of hydrogen-bond acceptors (Lipinski definition) is 4. The molecule has 0 aliphatic heterocycles. The fourth-order valence-corrected chi connectivity index (χ4v) is 8.64. The van der Waals surface area contributed by atoms with E-state index in [0.29, 0.717) is 28.2 Å². The van der Waals surface area contributed by atoms with Crippen LogP contribution in [0.1, 0.15) is 11.1 Å². The number of alkyl halides is 3. The lowest BCUT2D eigenvalue weighted by Crippen LogP contribution is -2.09. The number of nitrogens with zero attached hydrogens (tertiary/aromatic N) is 6. The second kappa shape index (κ2) is 14.4. The van der Waals surface area contributed by atoms with Crippen molar-refractivity contribution in [1.29, 1.82) is 5.26 Å². The Morgan fingerprint density at radius 2 is 0.887 bits per heavy atom. The lowest BCUT2D eigenvalue weighted by Gasteiger charge is -2.18. The SMILES string of the molecule is N#Cc1cccc(-c2ccc(-c3nc(-c4ccccc4)nc(-c4cc(C(F)(F)F)ccc4-n4c5ccccc5c5ccccc54)n3)c(-n3c4ccccc4c4ccccc43)c2)c1. The van der Waals surface area contributed by atoms with Gasteiger partial charge >= 0.3 is 6.18 Å². The number of fused-ring (bicyclic) bond motifs is 6. The van der Waals surface area contributed by atoms with Crippen LogP contribution in [0.15, 0.2) is 188 Å². The Bertz CT molecular complexity index is 3490. The summed E-state index contributed by atoms with van der Waals surface area (Å²) in [6.45, 7) is 0. The van der Waals surface area contributed by atoms with Crippen LogP contribution >= 0.6 is 0 Å². The van der Waals surface area contributed by atoms with E-state index < -0.39 is 11.7 Å². The number of hydrogen-bond donors (Lipinski definition) is 0. The van der Waals surface area contributed by atoms with Gasteiger partial charge in [-0.25, -0.2) is 15.0 Å². The average Bonchev–Trinajstić information content (AvgIpc) is 3.84. The van der Waals surface area contributed by atoms with Crippen LogP contribution in [0, 0.1) is 11.3 Å². The summed E-state index contributed by atoms with van der Waals surface area (Å²) in [5.74, 6) is 0.652. The highest BCUT2D eigenvalue weighted by Gasteiger charge is 2.32. The quantitative estimate of drug-likeness (QED) is 0.168. The van der Waals surface area contributed by atoms with E-state index >= 15 is 0 Å². The number of rotatable bonds is 6. The number of aromatic nitrogens is 5. The molecule has 3 aromatic heterocycles. The fourth-order valence-electron chi connectivity index (χ4n) is 8.64. The first-order valence-corrected chi connectivity index (χ1v) is 20.0. The number of nitriles is 1. The summed E-state index contributed by atoms with van der Waals surface area (Å²) < 4.78 is 48.5. The Hall–Kier alpha value is -8.35. The Morgan fingerprint density at radius 3 is 1.45 bits per heavy atom. The van der Waals surface area contributed by atoms with Crippen molar-refractivity contribution in [3.8, 4) is 62.7 Å². The molecule has 0 radical (unpaired) electrons. The van der Waals surface area contributed by atoms with E-state index in [1.165, 1.54) is 6.07 Å². The molecule has 0 amide bonds. The molecule has 0 aliphatic rings. The zero-order valence-electron chi connectivity index (χ0n) is 32.7. The summed E-state index contributed by atoms with van der Waals surface area (Å²) in [7, 11) is 0. The highest BCUT2D eigenvalue weighted by atomic mass is 19.4. The van der Waals surface area contributed by atoms with E-state index in [4.69, 9.17) is 15.0 Å².